The van der Waals surface area contributed by atoms with Crippen LogP contribution < -0.4 is 20.5 Å². The van der Waals surface area contributed by atoms with Gasteiger partial charge in [-0.05, 0) is 12.1 Å². The molecule has 1 aliphatic rings. The SMILES string of the molecule is NC(=NCC(F)F)Nc1ccc2c(c1)OCCCO2. The summed E-state index contributed by atoms with van der Waals surface area (Å²) < 4.78 is 34.9. The fourth-order valence-electron chi connectivity index (χ4n) is 1.60. The van der Waals surface area contributed by atoms with Crippen LogP contribution in [0.5, 0.6) is 11.5 Å². The molecule has 0 saturated carbocycles. The molecule has 1 heterocycles. The van der Waals surface area contributed by atoms with E-state index in [1.807, 2.05) is 0 Å². The molecule has 1 aromatic carbocycles. The lowest BCUT2D eigenvalue weighted by Crippen LogP contribution is -2.23. The van der Waals surface area contributed by atoms with Crippen molar-refractivity contribution < 1.29 is 18.3 Å². The van der Waals surface area contributed by atoms with Crippen molar-refractivity contribution in [3.05, 3.63) is 18.2 Å². The zero-order valence-electron chi connectivity index (χ0n) is 10.2. The monoisotopic (exact) mass is 271 g/mol. The molecule has 0 fully saturated rings. The third-order valence-corrected chi connectivity index (χ3v) is 2.42. The Labute approximate surface area is 109 Å². The Morgan fingerprint density at radius 1 is 1.32 bits per heavy atom. The van der Waals surface area contributed by atoms with E-state index < -0.39 is 13.0 Å². The topological polar surface area (TPSA) is 68.9 Å². The van der Waals surface area contributed by atoms with Crippen LogP contribution >= 0.6 is 0 Å². The molecule has 0 bridgehead atoms. The number of halogens is 2. The number of nitrogens with one attached hydrogen (secondary N) is 1. The van der Waals surface area contributed by atoms with E-state index in [0.717, 1.165) is 6.42 Å². The van der Waals surface area contributed by atoms with Crippen LogP contribution in [0, 0.1) is 0 Å². The lowest BCUT2D eigenvalue weighted by Gasteiger charge is -2.10. The summed E-state index contributed by atoms with van der Waals surface area (Å²) in [5.74, 6) is 1.20. The second-order valence-corrected chi connectivity index (χ2v) is 3.95. The van der Waals surface area contributed by atoms with Gasteiger partial charge in [0.05, 0.1) is 13.2 Å². The number of rotatable bonds is 3. The van der Waals surface area contributed by atoms with Gasteiger partial charge in [-0.2, -0.15) is 0 Å². The molecular formula is C12H15F2N3O2. The summed E-state index contributed by atoms with van der Waals surface area (Å²) in [6, 6.07) is 5.16. The van der Waals surface area contributed by atoms with Crippen LogP contribution in [0.2, 0.25) is 0 Å². The van der Waals surface area contributed by atoms with Crippen molar-refractivity contribution >= 4 is 11.6 Å². The first-order valence-corrected chi connectivity index (χ1v) is 5.90. The Balaban J connectivity index is 2.05. The molecular weight excluding hydrogens is 256 g/mol. The van der Waals surface area contributed by atoms with Gasteiger partial charge in [-0.15, -0.1) is 0 Å². The Bertz CT molecular complexity index is 466. The molecule has 1 aliphatic heterocycles. The van der Waals surface area contributed by atoms with Crippen molar-refractivity contribution in [1.29, 1.82) is 0 Å². The van der Waals surface area contributed by atoms with Crippen LogP contribution in [0.25, 0.3) is 0 Å². The first-order valence-electron chi connectivity index (χ1n) is 5.90. The lowest BCUT2D eigenvalue weighted by molar-refractivity contribution is 0.158. The molecule has 3 N–H and O–H groups in total. The minimum Gasteiger partial charge on any atom is -0.490 e. The number of nitrogens with two attached hydrogens (primary N) is 1. The molecule has 19 heavy (non-hydrogen) atoms. The third-order valence-electron chi connectivity index (χ3n) is 2.42. The van der Waals surface area contributed by atoms with Crippen LogP contribution in [-0.4, -0.2) is 32.1 Å². The maximum absolute atomic E-state index is 12.0. The number of hydrogen-bond donors (Lipinski definition) is 2. The Kier molecular flexibility index (Phi) is 4.38. The summed E-state index contributed by atoms with van der Waals surface area (Å²) in [6.07, 6.45) is -1.70. The van der Waals surface area contributed by atoms with E-state index in [-0.39, 0.29) is 5.96 Å². The third kappa shape index (κ3) is 3.97. The van der Waals surface area contributed by atoms with Gasteiger partial charge in [-0.3, -0.25) is 0 Å². The number of aliphatic imine (C=N–C) groups is 1. The summed E-state index contributed by atoms with van der Waals surface area (Å²) in [5.41, 5.74) is 6.11. The molecule has 2 rings (SSSR count). The van der Waals surface area contributed by atoms with Crippen molar-refractivity contribution in [2.24, 2.45) is 10.7 Å². The normalized spacial score (nSPS) is 15.2. The summed E-state index contributed by atoms with van der Waals surface area (Å²) >= 11 is 0. The summed E-state index contributed by atoms with van der Waals surface area (Å²) in [5, 5.41) is 2.73. The number of benzene rings is 1. The molecule has 0 amide bonds. The quantitative estimate of drug-likeness (QED) is 0.650. The van der Waals surface area contributed by atoms with Crippen LogP contribution in [0.1, 0.15) is 6.42 Å². The van der Waals surface area contributed by atoms with Crippen molar-refractivity contribution in [2.75, 3.05) is 25.1 Å². The molecule has 0 unspecified atom stereocenters. The lowest BCUT2D eigenvalue weighted by atomic mass is 10.3. The van der Waals surface area contributed by atoms with Crippen molar-refractivity contribution in [3.8, 4) is 11.5 Å². The van der Waals surface area contributed by atoms with Crippen LogP contribution in [-0.2, 0) is 0 Å². The second kappa shape index (κ2) is 6.21. The summed E-state index contributed by atoms with van der Waals surface area (Å²) in [6.45, 7) is 0.562. The number of anilines is 1. The molecule has 1 aromatic rings. The zero-order chi connectivity index (χ0) is 13.7. The average molecular weight is 271 g/mol. The van der Waals surface area contributed by atoms with Gasteiger partial charge in [-0.1, -0.05) is 0 Å². The Morgan fingerprint density at radius 3 is 2.79 bits per heavy atom. The number of hydrogen-bond acceptors (Lipinski definition) is 3. The van der Waals surface area contributed by atoms with E-state index in [0.29, 0.717) is 30.4 Å². The van der Waals surface area contributed by atoms with Crippen molar-refractivity contribution in [1.82, 2.24) is 0 Å². The molecule has 0 aliphatic carbocycles. The molecule has 0 aromatic heterocycles. The highest BCUT2D eigenvalue weighted by atomic mass is 19.3. The predicted molar refractivity (Wildman–Crippen MR) is 68.2 cm³/mol. The number of guanidine groups is 1. The van der Waals surface area contributed by atoms with Crippen molar-refractivity contribution in [3.63, 3.8) is 0 Å². The Morgan fingerprint density at radius 2 is 2.05 bits per heavy atom. The Hall–Kier alpha value is -2.05. The van der Waals surface area contributed by atoms with E-state index in [1.165, 1.54) is 0 Å². The van der Waals surface area contributed by atoms with Gasteiger partial charge in [0.25, 0.3) is 6.43 Å². The van der Waals surface area contributed by atoms with E-state index in [4.69, 9.17) is 15.2 Å². The first kappa shape index (κ1) is 13.4. The van der Waals surface area contributed by atoms with Gasteiger partial charge in [0.15, 0.2) is 17.5 Å². The predicted octanol–water partition coefficient (Wildman–Crippen LogP) is 1.84. The van der Waals surface area contributed by atoms with E-state index >= 15 is 0 Å². The second-order valence-electron chi connectivity index (χ2n) is 3.95. The highest BCUT2D eigenvalue weighted by Crippen LogP contribution is 2.32. The highest BCUT2D eigenvalue weighted by molar-refractivity contribution is 5.92. The molecule has 7 heteroatoms. The minimum absolute atomic E-state index is 0.0604. The van der Waals surface area contributed by atoms with Crippen LogP contribution in [0.3, 0.4) is 0 Å². The molecule has 104 valence electrons. The van der Waals surface area contributed by atoms with E-state index in [9.17, 15) is 8.78 Å². The van der Waals surface area contributed by atoms with Crippen LogP contribution in [0.4, 0.5) is 14.5 Å². The fourth-order valence-corrected chi connectivity index (χ4v) is 1.60. The van der Waals surface area contributed by atoms with E-state index in [2.05, 4.69) is 10.3 Å². The largest absolute Gasteiger partial charge is 0.490 e. The number of alkyl halides is 2. The summed E-state index contributed by atoms with van der Waals surface area (Å²) in [4.78, 5) is 3.51. The molecule has 0 spiro atoms. The molecule has 5 nitrogen and oxygen atoms in total. The molecule has 0 radical (unpaired) electrons. The van der Waals surface area contributed by atoms with Gasteiger partial charge in [0.2, 0.25) is 0 Å². The maximum Gasteiger partial charge on any atom is 0.257 e. The van der Waals surface area contributed by atoms with Gasteiger partial charge in [-0.25, -0.2) is 13.8 Å². The zero-order valence-corrected chi connectivity index (χ0v) is 10.2. The molecule has 0 saturated heterocycles. The molecule has 0 atom stereocenters. The van der Waals surface area contributed by atoms with Gasteiger partial charge >= 0.3 is 0 Å². The highest BCUT2D eigenvalue weighted by Gasteiger charge is 2.11. The van der Waals surface area contributed by atoms with Crippen LogP contribution in [0.15, 0.2) is 23.2 Å². The fraction of sp³-hybridized carbons (Fsp3) is 0.417. The number of nitrogens with zero attached hydrogens (tertiary/aromatic N) is 1. The standard InChI is InChI=1S/C12H15F2N3O2/c13-11(14)7-16-12(15)17-8-2-3-9-10(6-8)19-5-1-4-18-9/h2-3,6,11H,1,4-5,7H2,(H3,15,16,17). The first-order chi connectivity index (χ1) is 9.15. The van der Waals surface area contributed by atoms with Gasteiger partial charge < -0.3 is 20.5 Å². The van der Waals surface area contributed by atoms with Gasteiger partial charge in [0.1, 0.15) is 6.54 Å². The average Bonchev–Trinajstić information content (AvgIpc) is 2.61. The van der Waals surface area contributed by atoms with Crippen molar-refractivity contribution in [2.45, 2.75) is 12.8 Å². The number of ether oxygens (including phenoxy) is 2. The van der Waals surface area contributed by atoms with E-state index in [1.54, 1.807) is 18.2 Å². The number of fused-ring (bicyclic) bond motifs is 1. The minimum atomic E-state index is -2.51. The maximum atomic E-state index is 12.0. The smallest absolute Gasteiger partial charge is 0.257 e. The summed E-state index contributed by atoms with van der Waals surface area (Å²) in [7, 11) is 0. The van der Waals surface area contributed by atoms with Gasteiger partial charge in [0, 0.05) is 18.2 Å².